The van der Waals surface area contributed by atoms with Crippen LogP contribution in [0.5, 0.6) is 5.75 Å². The molecule has 126 valence electrons. The van der Waals surface area contributed by atoms with Crippen LogP contribution in [0.1, 0.15) is 33.1 Å². The highest BCUT2D eigenvalue weighted by molar-refractivity contribution is 5.85. The Labute approximate surface area is 136 Å². The Bertz CT molecular complexity index is 564. The molecule has 2 heterocycles. The van der Waals surface area contributed by atoms with E-state index in [0.29, 0.717) is 5.75 Å². The lowest BCUT2D eigenvalue weighted by Gasteiger charge is -2.42. The number of nitrogens with zero attached hydrogens (tertiary/aromatic N) is 1. The first-order chi connectivity index (χ1) is 10.9. The summed E-state index contributed by atoms with van der Waals surface area (Å²) in [5.74, 6) is 0.161. The van der Waals surface area contributed by atoms with Crippen molar-refractivity contribution < 1.29 is 18.7 Å². The van der Waals surface area contributed by atoms with Crippen LogP contribution in [0, 0.1) is 11.2 Å². The molecule has 0 bridgehead atoms. The van der Waals surface area contributed by atoms with E-state index in [-0.39, 0.29) is 17.1 Å². The monoisotopic (exact) mass is 321 g/mol. The van der Waals surface area contributed by atoms with Crippen molar-refractivity contribution in [2.45, 2.75) is 38.7 Å². The van der Waals surface area contributed by atoms with Gasteiger partial charge < -0.3 is 14.4 Å². The molecule has 1 unspecified atom stereocenters. The van der Waals surface area contributed by atoms with Gasteiger partial charge in [-0.3, -0.25) is 4.79 Å². The van der Waals surface area contributed by atoms with E-state index < -0.39 is 5.60 Å². The molecule has 3 rings (SSSR count). The average molecular weight is 321 g/mol. The van der Waals surface area contributed by atoms with Gasteiger partial charge in [0.05, 0.1) is 6.61 Å². The van der Waals surface area contributed by atoms with Crippen molar-refractivity contribution in [3.8, 4) is 5.75 Å². The molecule has 0 aliphatic carbocycles. The molecule has 23 heavy (non-hydrogen) atoms. The third-order valence-electron chi connectivity index (χ3n) is 4.84. The number of piperidine rings is 1. The highest BCUT2D eigenvalue weighted by atomic mass is 19.1. The van der Waals surface area contributed by atoms with E-state index >= 15 is 0 Å². The van der Waals surface area contributed by atoms with Gasteiger partial charge in [-0.25, -0.2) is 4.39 Å². The molecule has 2 saturated heterocycles. The molecule has 1 amide bonds. The number of amides is 1. The second kappa shape index (κ2) is 6.11. The van der Waals surface area contributed by atoms with Gasteiger partial charge in [0.2, 0.25) is 0 Å². The van der Waals surface area contributed by atoms with Crippen LogP contribution in [0.25, 0.3) is 0 Å². The Morgan fingerprint density at radius 2 is 2.04 bits per heavy atom. The van der Waals surface area contributed by atoms with Gasteiger partial charge in [-0.15, -0.1) is 0 Å². The molecule has 5 heteroatoms. The van der Waals surface area contributed by atoms with Crippen LogP contribution in [0.3, 0.4) is 0 Å². The zero-order valence-electron chi connectivity index (χ0n) is 13.8. The number of ether oxygens (including phenoxy) is 2. The summed E-state index contributed by atoms with van der Waals surface area (Å²) in [4.78, 5) is 14.8. The molecule has 1 aromatic rings. The van der Waals surface area contributed by atoms with Gasteiger partial charge in [-0.1, -0.05) is 0 Å². The minimum absolute atomic E-state index is 0.0206. The van der Waals surface area contributed by atoms with Gasteiger partial charge in [0, 0.05) is 25.1 Å². The largest absolute Gasteiger partial charge is 0.478 e. The Morgan fingerprint density at radius 3 is 2.70 bits per heavy atom. The highest BCUT2D eigenvalue weighted by Gasteiger charge is 2.43. The average Bonchev–Trinajstić information content (AvgIpc) is 2.96. The summed E-state index contributed by atoms with van der Waals surface area (Å²) < 4.78 is 24.4. The lowest BCUT2D eigenvalue weighted by molar-refractivity contribution is -0.149. The van der Waals surface area contributed by atoms with Crippen LogP contribution >= 0.6 is 0 Å². The minimum Gasteiger partial charge on any atom is -0.478 e. The van der Waals surface area contributed by atoms with Crippen LogP contribution in [-0.4, -0.2) is 42.7 Å². The van der Waals surface area contributed by atoms with Crippen molar-refractivity contribution in [2.24, 2.45) is 5.41 Å². The summed E-state index contributed by atoms with van der Waals surface area (Å²) in [5.41, 5.74) is -0.852. The number of benzene rings is 1. The Balaban J connectivity index is 1.69. The van der Waals surface area contributed by atoms with Crippen molar-refractivity contribution in [2.75, 3.05) is 26.3 Å². The van der Waals surface area contributed by atoms with Gasteiger partial charge in [-0.2, -0.15) is 0 Å². The molecule has 4 nitrogen and oxygen atoms in total. The number of carbonyl (C=O) groups excluding carboxylic acids is 1. The molecule has 0 saturated carbocycles. The molecule has 0 aromatic heterocycles. The van der Waals surface area contributed by atoms with E-state index in [9.17, 15) is 9.18 Å². The summed E-state index contributed by atoms with van der Waals surface area (Å²) in [6, 6.07) is 5.77. The highest BCUT2D eigenvalue weighted by Crippen LogP contribution is 2.38. The zero-order valence-corrected chi connectivity index (χ0v) is 13.8. The predicted molar refractivity (Wildman–Crippen MR) is 84.8 cm³/mol. The van der Waals surface area contributed by atoms with Crippen molar-refractivity contribution in [1.82, 2.24) is 4.90 Å². The maximum Gasteiger partial charge on any atom is 0.266 e. The van der Waals surface area contributed by atoms with Crippen LogP contribution in [-0.2, 0) is 9.53 Å². The number of rotatable bonds is 3. The quantitative estimate of drug-likeness (QED) is 0.859. The maximum atomic E-state index is 13.0. The minimum atomic E-state index is -0.976. The number of halogens is 1. The van der Waals surface area contributed by atoms with E-state index in [1.54, 1.807) is 26.0 Å². The summed E-state index contributed by atoms with van der Waals surface area (Å²) in [5, 5.41) is 0. The number of hydrogen-bond acceptors (Lipinski definition) is 3. The summed E-state index contributed by atoms with van der Waals surface area (Å²) in [6.45, 7) is 6.57. The second-order valence-corrected chi connectivity index (χ2v) is 7.20. The molecule has 2 aliphatic rings. The van der Waals surface area contributed by atoms with E-state index in [1.165, 1.54) is 12.1 Å². The SMILES string of the molecule is CC(C)(Oc1ccc(F)cc1)C(=O)N1CCCC2(CCOC2)C1. The van der Waals surface area contributed by atoms with Gasteiger partial charge in [0.1, 0.15) is 11.6 Å². The second-order valence-electron chi connectivity index (χ2n) is 7.20. The smallest absolute Gasteiger partial charge is 0.266 e. The maximum absolute atomic E-state index is 13.0. The number of likely N-dealkylation sites (tertiary alicyclic amines) is 1. The van der Waals surface area contributed by atoms with Gasteiger partial charge in [0.25, 0.3) is 5.91 Å². The third-order valence-corrected chi connectivity index (χ3v) is 4.84. The molecule has 2 fully saturated rings. The van der Waals surface area contributed by atoms with Gasteiger partial charge in [-0.05, 0) is 57.4 Å². The first-order valence-electron chi connectivity index (χ1n) is 8.22. The van der Waals surface area contributed by atoms with Crippen molar-refractivity contribution >= 4 is 5.91 Å². The normalized spacial score (nSPS) is 24.9. The zero-order chi connectivity index (χ0) is 16.5. The first kappa shape index (κ1) is 16.2. The lowest BCUT2D eigenvalue weighted by atomic mass is 9.79. The number of carbonyl (C=O) groups is 1. The fourth-order valence-electron chi connectivity index (χ4n) is 3.57. The summed E-state index contributed by atoms with van der Waals surface area (Å²) in [7, 11) is 0. The molecule has 1 spiro atoms. The van der Waals surface area contributed by atoms with Gasteiger partial charge in [0.15, 0.2) is 5.60 Å². The molecule has 0 N–H and O–H groups in total. The summed E-state index contributed by atoms with van der Waals surface area (Å²) in [6.07, 6.45) is 3.15. The Morgan fingerprint density at radius 1 is 1.30 bits per heavy atom. The molecule has 1 atom stereocenters. The molecular formula is C18H24FNO3. The van der Waals surface area contributed by atoms with Crippen molar-refractivity contribution in [3.63, 3.8) is 0 Å². The molecule has 0 radical (unpaired) electrons. The molecular weight excluding hydrogens is 297 g/mol. The Kier molecular flexibility index (Phi) is 4.32. The Hall–Kier alpha value is -1.62. The topological polar surface area (TPSA) is 38.8 Å². The standard InChI is InChI=1S/C18H24FNO3/c1-17(2,23-15-6-4-14(19)5-7-15)16(21)20-10-3-8-18(12-20)9-11-22-13-18/h4-7H,3,8-13H2,1-2H3. The third kappa shape index (κ3) is 3.50. The van der Waals surface area contributed by atoms with Crippen molar-refractivity contribution in [3.05, 3.63) is 30.1 Å². The van der Waals surface area contributed by atoms with Crippen LogP contribution in [0.2, 0.25) is 0 Å². The van der Waals surface area contributed by atoms with E-state index in [2.05, 4.69) is 0 Å². The van der Waals surface area contributed by atoms with E-state index in [0.717, 1.165) is 45.6 Å². The number of hydrogen-bond donors (Lipinski definition) is 0. The van der Waals surface area contributed by atoms with Crippen LogP contribution < -0.4 is 4.74 Å². The van der Waals surface area contributed by atoms with E-state index in [1.807, 2.05) is 4.90 Å². The fraction of sp³-hybridized carbons (Fsp3) is 0.611. The van der Waals surface area contributed by atoms with Gasteiger partial charge >= 0.3 is 0 Å². The fourth-order valence-corrected chi connectivity index (χ4v) is 3.57. The summed E-state index contributed by atoms with van der Waals surface area (Å²) >= 11 is 0. The molecule has 1 aromatic carbocycles. The van der Waals surface area contributed by atoms with Crippen LogP contribution in [0.4, 0.5) is 4.39 Å². The van der Waals surface area contributed by atoms with Crippen LogP contribution in [0.15, 0.2) is 24.3 Å². The lowest BCUT2D eigenvalue weighted by Crippen LogP contribution is -2.54. The predicted octanol–water partition coefficient (Wildman–Crippen LogP) is 3.01. The van der Waals surface area contributed by atoms with E-state index in [4.69, 9.17) is 9.47 Å². The molecule has 2 aliphatic heterocycles. The first-order valence-corrected chi connectivity index (χ1v) is 8.22. The van der Waals surface area contributed by atoms with Crippen molar-refractivity contribution in [1.29, 1.82) is 0 Å².